The summed E-state index contributed by atoms with van der Waals surface area (Å²) >= 11 is 7.73. The van der Waals surface area contributed by atoms with Crippen molar-refractivity contribution < 1.29 is 4.42 Å². The van der Waals surface area contributed by atoms with Crippen LogP contribution >= 0.6 is 45.3 Å². The number of fused-ring (bicyclic) bond motifs is 13. The maximum Gasteiger partial charge on any atom is 0.164 e. The summed E-state index contributed by atoms with van der Waals surface area (Å²) in [6.45, 7) is 6.46. The van der Waals surface area contributed by atoms with Crippen molar-refractivity contribution in [2.45, 2.75) is 20.8 Å². The van der Waals surface area contributed by atoms with Gasteiger partial charge in [-0.3, -0.25) is 0 Å². The number of thiophene rings is 4. The zero-order chi connectivity index (χ0) is 24.6. The van der Waals surface area contributed by atoms with E-state index >= 15 is 0 Å². The van der Waals surface area contributed by atoms with Gasteiger partial charge in [-0.25, -0.2) is 0 Å². The van der Waals surface area contributed by atoms with E-state index in [2.05, 4.69) is 86.0 Å². The lowest BCUT2D eigenvalue weighted by atomic mass is 10.2. The smallest absolute Gasteiger partial charge is 0.164 e. The summed E-state index contributed by atoms with van der Waals surface area (Å²) in [5, 5.41) is 2.58. The Hall–Kier alpha value is -3.16. The van der Waals surface area contributed by atoms with Gasteiger partial charge in [-0.05, 0) is 62.2 Å². The summed E-state index contributed by atoms with van der Waals surface area (Å²) < 4.78 is 19.9. The van der Waals surface area contributed by atoms with E-state index in [1.807, 2.05) is 45.3 Å². The molecule has 0 aliphatic rings. The van der Waals surface area contributed by atoms with Crippen LogP contribution in [-0.4, -0.2) is 4.57 Å². The number of aromatic nitrogens is 1. The minimum absolute atomic E-state index is 1.00. The van der Waals surface area contributed by atoms with Crippen molar-refractivity contribution in [3.63, 3.8) is 0 Å². The zero-order valence-corrected chi connectivity index (χ0v) is 23.5. The molecule has 0 amide bonds. The fourth-order valence-electron chi connectivity index (χ4n) is 5.66. The number of rotatable bonds is 1. The third-order valence-electron chi connectivity index (χ3n) is 7.44. The summed E-state index contributed by atoms with van der Waals surface area (Å²) in [5.74, 6) is 0. The second kappa shape index (κ2) is 7.03. The summed E-state index contributed by atoms with van der Waals surface area (Å²) in [4.78, 5) is 0. The fraction of sp³-hybridized carbons (Fsp3) is 0.0968. The van der Waals surface area contributed by atoms with E-state index in [4.69, 9.17) is 4.42 Å². The van der Waals surface area contributed by atoms with Gasteiger partial charge in [0.05, 0.1) is 48.6 Å². The topological polar surface area (TPSA) is 18.1 Å². The molecule has 0 N–H and O–H groups in total. The standard InChI is InChI=1S/C31H19NOS4/c1-14-4-8-17(9-5-14)32-20-12-15(2)6-10-18(20)24-22(32)26-28(34-24)30-31(36-26)29-27(37-30)23-25(35-29)19-11-7-16(3)13-21(19)33-23/h4-13H,1-3H3. The van der Waals surface area contributed by atoms with Crippen LogP contribution in [-0.2, 0) is 0 Å². The lowest BCUT2D eigenvalue weighted by Crippen LogP contribution is -1.93. The molecule has 0 saturated carbocycles. The molecular formula is C31H19NOS4. The van der Waals surface area contributed by atoms with Gasteiger partial charge < -0.3 is 8.98 Å². The highest BCUT2D eigenvalue weighted by Gasteiger charge is 2.25. The van der Waals surface area contributed by atoms with Gasteiger partial charge in [0, 0.05) is 16.5 Å². The fourth-order valence-corrected chi connectivity index (χ4v) is 11.7. The first-order valence-electron chi connectivity index (χ1n) is 12.3. The Morgan fingerprint density at radius 3 is 1.95 bits per heavy atom. The number of aryl methyl sites for hydroxylation is 3. The molecule has 0 bridgehead atoms. The van der Waals surface area contributed by atoms with E-state index in [-0.39, 0.29) is 0 Å². The molecule has 6 aromatic heterocycles. The molecule has 37 heavy (non-hydrogen) atoms. The molecule has 6 heteroatoms. The number of hydrogen-bond donors (Lipinski definition) is 0. The van der Waals surface area contributed by atoms with Crippen LogP contribution in [0.25, 0.3) is 76.3 Å². The normalized spacial score (nSPS) is 12.7. The van der Waals surface area contributed by atoms with Gasteiger partial charge in [0.2, 0.25) is 0 Å². The Morgan fingerprint density at radius 1 is 0.541 bits per heavy atom. The minimum Gasteiger partial charge on any atom is -0.454 e. The number of hydrogen-bond acceptors (Lipinski definition) is 5. The third-order valence-corrected chi connectivity index (χ3v) is 13.0. The summed E-state index contributed by atoms with van der Waals surface area (Å²) in [5.41, 5.74) is 9.76. The van der Waals surface area contributed by atoms with Crippen LogP contribution < -0.4 is 0 Å². The van der Waals surface area contributed by atoms with E-state index in [9.17, 15) is 0 Å². The van der Waals surface area contributed by atoms with Gasteiger partial charge in [-0.15, -0.1) is 45.3 Å². The molecule has 0 saturated heterocycles. The average molecular weight is 550 g/mol. The first kappa shape index (κ1) is 20.8. The Morgan fingerprint density at radius 2 is 1.14 bits per heavy atom. The van der Waals surface area contributed by atoms with Crippen molar-refractivity contribution in [2.24, 2.45) is 0 Å². The Labute approximate surface area is 227 Å². The summed E-state index contributed by atoms with van der Waals surface area (Å²) in [7, 11) is 0. The van der Waals surface area contributed by atoms with Gasteiger partial charge in [0.1, 0.15) is 5.58 Å². The summed E-state index contributed by atoms with van der Waals surface area (Å²) in [6, 6.07) is 22.4. The molecule has 0 spiro atoms. The number of furan rings is 1. The molecule has 0 fully saturated rings. The van der Waals surface area contributed by atoms with Crippen molar-refractivity contribution >= 4 is 116 Å². The quantitative estimate of drug-likeness (QED) is 0.199. The van der Waals surface area contributed by atoms with E-state index in [1.165, 1.54) is 81.8 Å². The molecular weight excluding hydrogens is 531 g/mol. The van der Waals surface area contributed by atoms with Gasteiger partial charge in [0.25, 0.3) is 0 Å². The molecule has 0 atom stereocenters. The SMILES string of the molecule is Cc1ccc(-n2c3cc(C)ccc3c3sc4c5sc6c7oc8cc(C)ccc8c7sc6c5sc4c32)cc1. The average Bonchev–Trinajstić information content (AvgIpc) is 3.67. The number of nitrogens with zero attached hydrogens (tertiary/aromatic N) is 1. The maximum atomic E-state index is 6.42. The maximum absolute atomic E-state index is 6.42. The molecule has 2 nitrogen and oxygen atoms in total. The van der Waals surface area contributed by atoms with Crippen molar-refractivity contribution in [3.05, 3.63) is 77.4 Å². The lowest BCUT2D eigenvalue weighted by Gasteiger charge is -2.08. The van der Waals surface area contributed by atoms with Crippen LogP contribution in [0.2, 0.25) is 0 Å². The molecule has 9 aromatic rings. The molecule has 3 aromatic carbocycles. The molecule has 0 radical (unpaired) electrons. The second-order valence-corrected chi connectivity index (χ2v) is 14.1. The van der Waals surface area contributed by atoms with Gasteiger partial charge >= 0.3 is 0 Å². The first-order chi connectivity index (χ1) is 18.0. The second-order valence-electron chi connectivity index (χ2n) is 10.0. The van der Waals surface area contributed by atoms with Crippen molar-refractivity contribution in [1.82, 2.24) is 4.57 Å². The van der Waals surface area contributed by atoms with Crippen LogP contribution in [0.1, 0.15) is 16.7 Å². The third kappa shape index (κ3) is 2.64. The molecule has 0 aliphatic carbocycles. The molecule has 0 aliphatic heterocycles. The van der Waals surface area contributed by atoms with Gasteiger partial charge in [-0.1, -0.05) is 35.9 Å². The first-order valence-corrected chi connectivity index (χ1v) is 15.5. The van der Waals surface area contributed by atoms with Gasteiger partial charge in [-0.2, -0.15) is 0 Å². The zero-order valence-electron chi connectivity index (χ0n) is 20.3. The minimum atomic E-state index is 1.00. The Balaban J connectivity index is 1.41. The Kier molecular flexibility index (Phi) is 3.96. The van der Waals surface area contributed by atoms with Gasteiger partial charge in [0.15, 0.2) is 5.58 Å². The van der Waals surface area contributed by atoms with Crippen LogP contribution in [0.5, 0.6) is 0 Å². The van der Waals surface area contributed by atoms with E-state index in [1.54, 1.807) is 0 Å². The van der Waals surface area contributed by atoms with Crippen LogP contribution in [0, 0.1) is 20.8 Å². The summed E-state index contributed by atoms with van der Waals surface area (Å²) in [6.07, 6.45) is 0. The molecule has 9 rings (SSSR count). The number of benzene rings is 3. The molecule has 6 heterocycles. The molecule has 0 unspecified atom stereocenters. The van der Waals surface area contributed by atoms with Crippen LogP contribution in [0.15, 0.2) is 65.1 Å². The monoisotopic (exact) mass is 549 g/mol. The predicted octanol–water partition coefficient (Wildman–Crippen LogP) is 11.3. The van der Waals surface area contributed by atoms with Crippen molar-refractivity contribution in [3.8, 4) is 5.69 Å². The van der Waals surface area contributed by atoms with Crippen molar-refractivity contribution in [1.29, 1.82) is 0 Å². The lowest BCUT2D eigenvalue weighted by molar-refractivity contribution is 0.673. The van der Waals surface area contributed by atoms with E-state index in [0.717, 1.165) is 11.2 Å². The highest BCUT2D eigenvalue weighted by Crippen LogP contribution is 2.56. The molecule has 178 valence electrons. The predicted molar refractivity (Wildman–Crippen MR) is 166 cm³/mol. The van der Waals surface area contributed by atoms with E-state index in [0.29, 0.717) is 0 Å². The van der Waals surface area contributed by atoms with Crippen LogP contribution in [0.4, 0.5) is 0 Å². The Bertz CT molecular complexity index is 2380. The highest BCUT2D eigenvalue weighted by molar-refractivity contribution is 7.47. The van der Waals surface area contributed by atoms with Crippen LogP contribution in [0.3, 0.4) is 0 Å². The van der Waals surface area contributed by atoms with E-state index < -0.39 is 0 Å². The van der Waals surface area contributed by atoms with Crippen molar-refractivity contribution in [2.75, 3.05) is 0 Å². The highest BCUT2D eigenvalue weighted by atomic mass is 32.1. The largest absolute Gasteiger partial charge is 0.454 e.